The van der Waals surface area contributed by atoms with Crippen molar-refractivity contribution in [1.82, 2.24) is 0 Å². The van der Waals surface area contributed by atoms with E-state index in [0.29, 0.717) is 0 Å². The van der Waals surface area contributed by atoms with E-state index in [1.165, 1.54) is 173 Å². The van der Waals surface area contributed by atoms with E-state index in [1.807, 2.05) is 0 Å². The SMILES string of the molecule is CCCCCCCCC=CCCCCCCCCC=C1OC(=O)C1CCCCCCCCC=CCCCCCCCC. The number of hydrogen-bond donors (Lipinski definition) is 0. The highest BCUT2D eigenvalue weighted by Gasteiger charge is 2.36. The number of hydrogen-bond acceptors (Lipinski definition) is 2. The maximum Gasteiger partial charge on any atom is 0.321 e. The Hall–Kier alpha value is -1.31. The molecule has 1 aliphatic rings. The lowest BCUT2D eigenvalue weighted by Gasteiger charge is -2.28. The molecule has 0 aromatic carbocycles. The molecule has 1 rings (SSSR count). The lowest BCUT2D eigenvalue weighted by Crippen LogP contribution is -2.32. The Labute approximate surface area is 263 Å². The molecule has 0 N–H and O–H groups in total. The number of esters is 1. The van der Waals surface area contributed by atoms with Gasteiger partial charge in [-0.2, -0.15) is 0 Å². The van der Waals surface area contributed by atoms with Crippen molar-refractivity contribution < 1.29 is 9.53 Å². The summed E-state index contributed by atoms with van der Waals surface area (Å²) in [5.74, 6) is 1.05. The van der Waals surface area contributed by atoms with E-state index in [0.717, 1.165) is 25.0 Å². The predicted molar refractivity (Wildman–Crippen MR) is 186 cm³/mol. The Kier molecular flexibility index (Phi) is 28.7. The van der Waals surface area contributed by atoms with Gasteiger partial charge in [0.25, 0.3) is 0 Å². The number of rotatable bonds is 32. The first-order valence-electron chi connectivity index (χ1n) is 19.0. The number of cyclic esters (lactones) is 1. The molecule has 0 aliphatic carbocycles. The van der Waals surface area contributed by atoms with Crippen molar-refractivity contribution in [3.05, 3.63) is 36.1 Å². The van der Waals surface area contributed by atoms with Crippen LogP contribution in [0.1, 0.15) is 206 Å². The van der Waals surface area contributed by atoms with Crippen molar-refractivity contribution in [2.45, 2.75) is 206 Å². The van der Waals surface area contributed by atoms with Crippen LogP contribution in [0.4, 0.5) is 0 Å². The molecule has 42 heavy (non-hydrogen) atoms. The van der Waals surface area contributed by atoms with Crippen LogP contribution in [0.2, 0.25) is 0 Å². The van der Waals surface area contributed by atoms with Gasteiger partial charge in [0.1, 0.15) is 11.7 Å². The van der Waals surface area contributed by atoms with Crippen LogP contribution in [0.5, 0.6) is 0 Å². The minimum absolute atomic E-state index is 0.00928. The Bertz CT molecular complexity index is 673. The number of allylic oxidation sites excluding steroid dienone is 5. The molecule has 244 valence electrons. The third kappa shape index (κ3) is 24.2. The van der Waals surface area contributed by atoms with Crippen molar-refractivity contribution >= 4 is 5.97 Å². The van der Waals surface area contributed by atoms with Crippen LogP contribution in [-0.2, 0) is 9.53 Å². The summed E-state index contributed by atoms with van der Waals surface area (Å²) in [5.41, 5.74) is 0. The molecule has 1 saturated heterocycles. The first-order valence-corrected chi connectivity index (χ1v) is 19.0. The summed E-state index contributed by atoms with van der Waals surface area (Å²) in [6.07, 6.45) is 51.2. The smallest absolute Gasteiger partial charge is 0.321 e. The molecule has 0 aromatic heterocycles. The van der Waals surface area contributed by atoms with Crippen molar-refractivity contribution in [1.29, 1.82) is 0 Å². The van der Waals surface area contributed by atoms with Crippen LogP contribution in [0.25, 0.3) is 0 Å². The average molecular weight is 585 g/mol. The number of unbranched alkanes of at least 4 members (excludes halogenated alkanes) is 25. The van der Waals surface area contributed by atoms with Crippen molar-refractivity contribution in [3.8, 4) is 0 Å². The summed E-state index contributed by atoms with van der Waals surface area (Å²) in [4.78, 5) is 11.9. The molecule has 1 aliphatic heterocycles. The first-order chi connectivity index (χ1) is 20.8. The van der Waals surface area contributed by atoms with E-state index >= 15 is 0 Å². The Morgan fingerprint density at radius 3 is 1.17 bits per heavy atom. The van der Waals surface area contributed by atoms with Gasteiger partial charge < -0.3 is 4.74 Å². The highest BCUT2D eigenvalue weighted by molar-refractivity contribution is 5.82. The standard InChI is InChI=1S/C40H72O2/c1-3-5-7-9-11-13-15-17-19-21-23-25-27-29-31-33-35-37-39-38(40(41)42-39)36-34-32-30-28-26-24-22-20-18-16-14-12-10-8-6-4-2/h17-20,37-38H,3-16,21-36H2,1-2H3. The molecular formula is C40H72O2. The van der Waals surface area contributed by atoms with E-state index < -0.39 is 0 Å². The molecule has 1 fully saturated rings. The van der Waals surface area contributed by atoms with Gasteiger partial charge in [-0.15, -0.1) is 0 Å². The molecule has 1 heterocycles. The third-order valence-electron chi connectivity index (χ3n) is 8.91. The van der Waals surface area contributed by atoms with E-state index in [1.54, 1.807) is 0 Å². The largest absolute Gasteiger partial charge is 0.430 e. The third-order valence-corrected chi connectivity index (χ3v) is 8.91. The molecule has 0 bridgehead atoms. The zero-order chi connectivity index (χ0) is 30.2. The van der Waals surface area contributed by atoms with Crippen LogP contribution in [0.3, 0.4) is 0 Å². The molecule has 0 aromatic rings. The van der Waals surface area contributed by atoms with Crippen molar-refractivity contribution in [2.75, 3.05) is 0 Å². The van der Waals surface area contributed by atoms with Crippen LogP contribution >= 0.6 is 0 Å². The summed E-state index contributed by atoms with van der Waals surface area (Å²) in [6, 6.07) is 0. The first kappa shape index (κ1) is 38.7. The van der Waals surface area contributed by atoms with Gasteiger partial charge in [0.2, 0.25) is 0 Å². The molecular weight excluding hydrogens is 512 g/mol. The molecule has 2 nitrogen and oxygen atoms in total. The fourth-order valence-electron chi connectivity index (χ4n) is 5.99. The highest BCUT2D eigenvalue weighted by atomic mass is 16.6. The molecule has 0 spiro atoms. The van der Waals surface area contributed by atoms with E-state index in [-0.39, 0.29) is 11.9 Å². The Morgan fingerprint density at radius 1 is 0.452 bits per heavy atom. The molecule has 2 heteroatoms. The monoisotopic (exact) mass is 585 g/mol. The topological polar surface area (TPSA) is 26.3 Å². The normalized spacial score (nSPS) is 16.2. The molecule has 1 unspecified atom stereocenters. The fourth-order valence-corrected chi connectivity index (χ4v) is 5.99. The van der Waals surface area contributed by atoms with Crippen molar-refractivity contribution in [3.63, 3.8) is 0 Å². The van der Waals surface area contributed by atoms with E-state index in [9.17, 15) is 4.79 Å². The van der Waals surface area contributed by atoms with Gasteiger partial charge in [0.05, 0.1) is 0 Å². The summed E-state index contributed by atoms with van der Waals surface area (Å²) in [5, 5.41) is 0. The van der Waals surface area contributed by atoms with Gasteiger partial charge in [-0.3, -0.25) is 4.79 Å². The maximum atomic E-state index is 11.9. The molecule has 0 amide bonds. The van der Waals surface area contributed by atoms with E-state index in [2.05, 4.69) is 44.2 Å². The summed E-state index contributed by atoms with van der Waals surface area (Å²) >= 11 is 0. The van der Waals surface area contributed by atoms with Crippen LogP contribution in [0.15, 0.2) is 36.1 Å². The second-order valence-electron chi connectivity index (χ2n) is 13.0. The minimum atomic E-state index is 0.00928. The van der Waals surface area contributed by atoms with Crippen LogP contribution < -0.4 is 0 Å². The molecule has 0 saturated carbocycles. The van der Waals surface area contributed by atoms with Gasteiger partial charge in [-0.1, -0.05) is 160 Å². The fraction of sp³-hybridized carbons (Fsp3) is 0.825. The maximum absolute atomic E-state index is 11.9. The second-order valence-corrected chi connectivity index (χ2v) is 13.0. The summed E-state index contributed by atoms with van der Waals surface area (Å²) in [6.45, 7) is 4.57. The quantitative estimate of drug-likeness (QED) is 0.0446. The van der Waals surface area contributed by atoms with Gasteiger partial charge in [-0.25, -0.2) is 0 Å². The zero-order valence-electron chi connectivity index (χ0n) is 28.5. The lowest BCUT2D eigenvalue weighted by molar-refractivity contribution is -0.157. The molecule has 1 atom stereocenters. The zero-order valence-corrected chi connectivity index (χ0v) is 28.5. The van der Waals surface area contributed by atoms with Gasteiger partial charge in [0.15, 0.2) is 0 Å². The average Bonchev–Trinajstić information content (AvgIpc) is 2.99. The second kappa shape index (κ2) is 31.1. The Morgan fingerprint density at radius 2 is 0.786 bits per heavy atom. The summed E-state index contributed by atoms with van der Waals surface area (Å²) < 4.78 is 5.37. The lowest BCUT2D eigenvalue weighted by atomic mass is 9.93. The van der Waals surface area contributed by atoms with Crippen LogP contribution in [-0.4, -0.2) is 5.97 Å². The summed E-state index contributed by atoms with van der Waals surface area (Å²) in [7, 11) is 0. The van der Waals surface area contributed by atoms with Crippen molar-refractivity contribution in [2.24, 2.45) is 5.92 Å². The number of carbonyl (C=O) groups excluding carboxylic acids is 1. The number of ether oxygens (including phenoxy) is 1. The van der Waals surface area contributed by atoms with Crippen LogP contribution in [0, 0.1) is 5.92 Å². The number of carbonyl (C=O) groups is 1. The predicted octanol–water partition coefficient (Wildman–Crippen LogP) is 13.9. The van der Waals surface area contributed by atoms with Gasteiger partial charge >= 0.3 is 5.97 Å². The Balaban J connectivity index is 1.87. The highest BCUT2D eigenvalue weighted by Crippen LogP contribution is 2.32. The van der Waals surface area contributed by atoms with Gasteiger partial charge in [-0.05, 0) is 76.7 Å². The van der Waals surface area contributed by atoms with E-state index in [4.69, 9.17) is 4.74 Å². The van der Waals surface area contributed by atoms with Gasteiger partial charge in [0, 0.05) is 0 Å². The minimum Gasteiger partial charge on any atom is -0.430 e. The molecule has 0 radical (unpaired) electrons.